The highest BCUT2D eigenvalue weighted by molar-refractivity contribution is 9.10. The maximum Gasteiger partial charge on any atom is 0.232 e. The third kappa shape index (κ3) is 5.09. The predicted octanol–water partition coefficient (Wildman–Crippen LogP) is 4.72. The minimum Gasteiger partial charge on any atom is -0.383 e. The number of nitrogens with zero attached hydrogens (tertiary/aromatic N) is 1. The van der Waals surface area contributed by atoms with Crippen LogP contribution in [0.15, 0.2) is 41.1 Å². The maximum atomic E-state index is 14.7. The molecule has 28 heavy (non-hydrogen) atoms. The number of aliphatic hydroxyl groups is 1. The molecule has 1 atom stereocenters. The minimum atomic E-state index is -3.63. The number of H-pyrrole nitrogens is 1. The molecule has 0 spiro atoms. The summed E-state index contributed by atoms with van der Waals surface area (Å²) < 4.78 is 41.0. The fourth-order valence-corrected chi connectivity index (χ4v) is 3.44. The average Bonchev–Trinajstić information content (AvgIpc) is 3.06. The number of aromatic nitrogens is 2. The Morgan fingerprint density at radius 2 is 1.96 bits per heavy atom. The molecular formula is C19H23BrFN3O3S. The highest BCUT2D eigenvalue weighted by Gasteiger charge is 2.22. The second kappa shape index (κ2) is 9.49. The van der Waals surface area contributed by atoms with E-state index in [0.29, 0.717) is 16.6 Å². The lowest BCUT2D eigenvalue weighted by atomic mass is 10.0. The van der Waals surface area contributed by atoms with E-state index in [2.05, 4.69) is 44.5 Å². The van der Waals surface area contributed by atoms with E-state index in [4.69, 9.17) is 0 Å². The lowest BCUT2D eigenvalue weighted by Crippen LogP contribution is -2.16. The quantitative estimate of drug-likeness (QED) is 0.501. The van der Waals surface area contributed by atoms with Gasteiger partial charge in [0.2, 0.25) is 10.0 Å². The van der Waals surface area contributed by atoms with Crippen molar-refractivity contribution in [3.63, 3.8) is 0 Å². The molecule has 0 saturated carbocycles. The van der Waals surface area contributed by atoms with Crippen molar-refractivity contribution in [1.29, 1.82) is 0 Å². The number of sulfonamides is 1. The molecule has 0 aliphatic heterocycles. The standard InChI is InChI=1S/C16H15BrFN3O3S.C3H8/c1-2-25(23,24)21-13-5-3-4-10(14(13)18)15(22)12-8-20-16-11(12)6-9(17)7-19-16;1-3-2/h3-8,15,21-22H,2H2,1H3,(H,19,20);3H2,1-2H3. The van der Waals surface area contributed by atoms with Crippen LogP contribution in [-0.4, -0.2) is 29.2 Å². The fourth-order valence-electron chi connectivity index (χ4n) is 2.47. The van der Waals surface area contributed by atoms with Gasteiger partial charge >= 0.3 is 0 Å². The van der Waals surface area contributed by atoms with Crippen molar-refractivity contribution < 1.29 is 17.9 Å². The first-order valence-electron chi connectivity index (χ1n) is 8.83. The van der Waals surface area contributed by atoms with Gasteiger partial charge in [0.25, 0.3) is 0 Å². The van der Waals surface area contributed by atoms with Crippen molar-refractivity contribution in [3.05, 3.63) is 58.1 Å². The van der Waals surface area contributed by atoms with Crippen LogP contribution in [-0.2, 0) is 10.0 Å². The van der Waals surface area contributed by atoms with Gasteiger partial charge in [-0.25, -0.2) is 17.8 Å². The zero-order chi connectivity index (χ0) is 20.9. The molecule has 0 bridgehead atoms. The molecule has 3 rings (SSSR count). The first-order valence-corrected chi connectivity index (χ1v) is 11.3. The first kappa shape index (κ1) is 22.3. The van der Waals surface area contributed by atoms with Crippen LogP contribution in [0, 0.1) is 5.82 Å². The summed E-state index contributed by atoms with van der Waals surface area (Å²) in [4.78, 5) is 7.10. The lowest BCUT2D eigenvalue weighted by Gasteiger charge is -2.15. The summed E-state index contributed by atoms with van der Waals surface area (Å²) in [5.74, 6) is -0.995. The van der Waals surface area contributed by atoms with Gasteiger partial charge in [-0.05, 0) is 35.0 Å². The Morgan fingerprint density at radius 1 is 1.29 bits per heavy atom. The summed E-state index contributed by atoms with van der Waals surface area (Å²) >= 11 is 3.31. The first-order chi connectivity index (χ1) is 13.2. The smallest absolute Gasteiger partial charge is 0.232 e. The zero-order valence-electron chi connectivity index (χ0n) is 15.8. The van der Waals surface area contributed by atoms with Gasteiger partial charge in [0.15, 0.2) is 5.82 Å². The molecule has 152 valence electrons. The summed E-state index contributed by atoms with van der Waals surface area (Å²) in [6.45, 7) is 5.70. The zero-order valence-corrected chi connectivity index (χ0v) is 18.2. The van der Waals surface area contributed by atoms with Gasteiger partial charge in [-0.1, -0.05) is 32.4 Å². The lowest BCUT2D eigenvalue weighted by molar-refractivity contribution is 0.216. The third-order valence-corrected chi connectivity index (χ3v) is 5.52. The monoisotopic (exact) mass is 471 g/mol. The molecule has 3 N–H and O–H groups in total. The summed E-state index contributed by atoms with van der Waals surface area (Å²) in [7, 11) is -3.63. The highest BCUT2D eigenvalue weighted by atomic mass is 79.9. The highest BCUT2D eigenvalue weighted by Crippen LogP contribution is 2.33. The Morgan fingerprint density at radius 3 is 2.61 bits per heavy atom. The maximum absolute atomic E-state index is 14.7. The van der Waals surface area contributed by atoms with Crippen LogP contribution < -0.4 is 4.72 Å². The number of hydrogen-bond donors (Lipinski definition) is 3. The molecule has 6 nitrogen and oxygen atoms in total. The van der Waals surface area contributed by atoms with Gasteiger partial charge in [-0.15, -0.1) is 0 Å². The van der Waals surface area contributed by atoms with E-state index in [-0.39, 0.29) is 17.0 Å². The molecular weight excluding hydrogens is 449 g/mol. The summed E-state index contributed by atoms with van der Waals surface area (Å²) in [6, 6.07) is 5.97. The molecule has 3 aromatic rings. The topological polar surface area (TPSA) is 95.1 Å². The number of aliphatic hydroxyl groups excluding tert-OH is 1. The van der Waals surface area contributed by atoms with Crippen LogP contribution in [0.1, 0.15) is 44.4 Å². The van der Waals surface area contributed by atoms with Crippen LogP contribution in [0.2, 0.25) is 0 Å². The molecule has 9 heteroatoms. The van der Waals surface area contributed by atoms with Crippen molar-refractivity contribution in [1.82, 2.24) is 9.97 Å². The minimum absolute atomic E-state index is 0.0304. The fraction of sp³-hybridized carbons (Fsp3) is 0.316. The SMILES string of the molecule is CCC.CCS(=O)(=O)Nc1cccc(C(O)c2c[nH]c3ncc(Br)cc23)c1F. The number of nitrogens with one attached hydrogen (secondary N) is 2. The van der Waals surface area contributed by atoms with Crippen LogP contribution in [0.5, 0.6) is 0 Å². The Labute approximate surface area is 172 Å². The Hall–Kier alpha value is -1.97. The Balaban J connectivity index is 0.000000878. The van der Waals surface area contributed by atoms with Gasteiger partial charge in [0.05, 0.1) is 11.4 Å². The van der Waals surface area contributed by atoms with E-state index in [1.54, 1.807) is 18.5 Å². The van der Waals surface area contributed by atoms with E-state index in [9.17, 15) is 17.9 Å². The van der Waals surface area contributed by atoms with E-state index < -0.39 is 21.9 Å². The number of pyridine rings is 1. The van der Waals surface area contributed by atoms with Crippen LogP contribution in [0.3, 0.4) is 0 Å². The molecule has 0 aliphatic carbocycles. The molecule has 2 heterocycles. The van der Waals surface area contributed by atoms with Crippen molar-refractivity contribution in [3.8, 4) is 0 Å². The van der Waals surface area contributed by atoms with E-state index in [0.717, 1.165) is 4.47 Å². The number of benzene rings is 1. The summed E-state index contributed by atoms with van der Waals surface area (Å²) in [5, 5.41) is 11.3. The van der Waals surface area contributed by atoms with Gasteiger partial charge < -0.3 is 10.1 Å². The molecule has 0 radical (unpaired) electrons. The second-order valence-electron chi connectivity index (χ2n) is 6.12. The van der Waals surface area contributed by atoms with E-state index >= 15 is 0 Å². The number of fused-ring (bicyclic) bond motifs is 1. The second-order valence-corrected chi connectivity index (χ2v) is 9.04. The Kier molecular flexibility index (Phi) is 7.56. The summed E-state index contributed by atoms with van der Waals surface area (Å²) in [5.41, 5.74) is 0.772. The van der Waals surface area contributed by atoms with Crippen molar-refractivity contribution >= 4 is 42.7 Å². The number of anilines is 1. The van der Waals surface area contributed by atoms with Gasteiger partial charge in [-0.2, -0.15) is 0 Å². The van der Waals surface area contributed by atoms with Crippen LogP contribution in [0.4, 0.5) is 10.1 Å². The van der Waals surface area contributed by atoms with E-state index in [1.165, 1.54) is 31.5 Å². The third-order valence-electron chi connectivity index (χ3n) is 3.79. The van der Waals surface area contributed by atoms with Gasteiger partial charge in [0, 0.05) is 33.4 Å². The predicted molar refractivity (Wildman–Crippen MR) is 113 cm³/mol. The van der Waals surface area contributed by atoms with Crippen LogP contribution >= 0.6 is 15.9 Å². The van der Waals surface area contributed by atoms with Crippen molar-refractivity contribution in [2.75, 3.05) is 10.5 Å². The van der Waals surface area contributed by atoms with Crippen LogP contribution in [0.25, 0.3) is 11.0 Å². The number of aromatic amines is 1. The van der Waals surface area contributed by atoms with Gasteiger partial charge in [0.1, 0.15) is 11.8 Å². The van der Waals surface area contributed by atoms with Crippen molar-refractivity contribution in [2.45, 2.75) is 33.3 Å². The number of hydrogen-bond acceptors (Lipinski definition) is 4. The largest absolute Gasteiger partial charge is 0.383 e. The van der Waals surface area contributed by atoms with Crippen molar-refractivity contribution in [2.24, 2.45) is 0 Å². The number of rotatable bonds is 5. The van der Waals surface area contributed by atoms with Gasteiger partial charge in [-0.3, -0.25) is 4.72 Å². The molecule has 1 aromatic carbocycles. The summed E-state index contributed by atoms with van der Waals surface area (Å²) in [6.07, 6.45) is 3.13. The number of halogens is 2. The molecule has 1 unspecified atom stereocenters. The molecule has 0 fully saturated rings. The molecule has 0 amide bonds. The molecule has 0 saturated heterocycles. The average molecular weight is 472 g/mol. The normalized spacial score (nSPS) is 12.4. The molecule has 0 aliphatic rings. The van der Waals surface area contributed by atoms with E-state index in [1.807, 2.05) is 0 Å². The Bertz CT molecular complexity index is 1050. The molecule has 2 aromatic heterocycles.